The van der Waals surface area contributed by atoms with E-state index < -0.39 is 5.82 Å². The number of carbonyl (C=O) groups is 1. The molecular formula is C18H16F2N4O. The molecule has 0 aliphatic carbocycles. The molecule has 0 unspecified atom stereocenters. The number of nitrogens with zero attached hydrogens (tertiary/aromatic N) is 3. The Labute approximate surface area is 144 Å². The van der Waals surface area contributed by atoms with Crippen LogP contribution in [0.5, 0.6) is 0 Å². The maximum absolute atomic E-state index is 13.2. The first-order valence-corrected chi connectivity index (χ1v) is 7.83. The van der Waals surface area contributed by atoms with Gasteiger partial charge in [0.15, 0.2) is 0 Å². The molecule has 128 valence electrons. The van der Waals surface area contributed by atoms with E-state index in [1.54, 1.807) is 17.0 Å². The molecule has 1 N–H and O–H groups in total. The average molecular weight is 342 g/mol. The number of urea groups is 1. The standard InChI is InChI=1S/C18H16F2N4O/c19-14-1-4-16(5-2-14)23-7-9-24(10-8-23)18(25)22-17-6-3-15(20)11-13(17)12-21/h1-6,11H,7-10H2,(H,22,25). The fourth-order valence-corrected chi connectivity index (χ4v) is 2.73. The number of nitrogens with one attached hydrogen (secondary N) is 1. The third-order valence-electron chi connectivity index (χ3n) is 4.10. The smallest absolute Gasteiger partial charge is 0.322 e. The lowest BCUT2D eigenvalue weighted by atomic mass is 10.2. The highest BCUT2D eigenvalue weighted by Crippen LogP contribution is 2.19. The van der Waals surface area contributed by atoms with Crippen molar-refractivity contribution in [1.29, 1.82) is 5.26 Å². The van der Waals surface area contributed by atoms with Crippen molar-refractivity contribution < 1.29 is 13.6 Å². The monoisotopic (exact) mass is 342 g/mol. The number of nitriles is 1. The van der Waals surface area contributed by atoms with E-state index in [0.29, 0.717) is 26.2 Å². The predicted molar refractivity (Wildman–Crippen MR) is 90.3 cm³/mol. The molecule has 1 saturated heterocycles. The van der Waals surface area contributed by atoms with Crippen molar-refractivity contribution in [3.05, 3.63) is 59.7 Å². The van der Waals surface area contributed by atoms with E-state index in [0.717, 1.165) is 11.8 Å². The number of hydrogen-bond donors (Lipinski definition) is 1. The molecule has 0 radical (unpaired) electrons. The molecule has 0 aromatic heterocycles. The van der Waals surface area contributed by atoms with Crippen LogP contribution in [0, 0.1) is 23.0 Å². The Balaban J connectivity index is 1.60. The van der Waals surface area contributed by atoms with E-state index in [1.807, 2.05) is 6.07 Å². The molecule has 2 aromatic rings. The second kappa shape index (κ2) is 7.18. The third kappa shape index (κ3) is 3.86. The van der Waals surface area contributed by atoms with Gasteiger partial charge in [0.1, 0.15) is 17.7 Å². The number of piperazine rings is 1. The summed E-state index contributed by atoms with van der Waals surface area (Å²) in [6, 6.07) is 11.4. The van der Waals surface area contributed by atoms with Gasteiger partial charge in [0, 0.05) is 31.9 Å². The van der Waals surface area contributed by atoms with Gasteiger partial charge in [0.2, 0.25) is 0 Å². The Morgan fingerprint density at radius 3 is 2.28 bits per heavy atom. The molecule has 0 atom stereocenters. The molecular weight excluding hydrogens is 326 g/mol. The normalized spacial score (nSPS) is 14.1. The van der Waals surface area contributed by atoms with Crippen LogP contribution in [0.4, 0.5) is 25.0 Å². The highest BCUT2D eigenvalue weighted by Gasteiger charge is 2.22. The lowest BCUT2D eigenvalue weighted by Crippen LogP contribution is -2.50. The Morgan fingerprint density at radius 1 is 1.00 bits per heavy atom. The number of rotatable bonds is 2. The number of hydrogen-bond acceptors (Lipinski definition) is 3. The fourth-order valence-electron chi connectivity index (χ4n) is 2.73. The average Bonchev–Trinajstić information content (AvgIpc) is 2.64. The van der Waals surface area contributed by atoms with E-state index >= 15 is 0 Å². The fraction of sp³-hybridized carbons (Fsp3) is 0.222. The minimum absolute atomic E-state index is 0.0818. The SMILES string of the molecule is N#Cc1cc(F)ccc1NC(=O)N1CCN(c2ccc(F)cc2)CC1. The summed E-state index contributed by atoms with van der Waals surface area (Å²) in [7, 11) is 0. The van der Waals surface area contributed by atoms with Crippen molar-refractivity contribution in [3.8, 4) is 6.07 Å². The van der Waals surface area contributed by atoms with Crippen molar-refractivity contribution in [2.24, 2.45) is 0 Å². The highest BCUT2D eigenvalue weighted by atomic mass is 19.1. The van der Waals surface area contributed by atoms with Crippen molar-refractivity contribution in [1.82, 2.24) is 4.90 Å². The summed E-state index contributed by atoms with van der Waals surface area (Å²) in [5.74, 6) is -0.809. The van der Waals surface area contributed by atoms with Gasteiger partial charge in [0.25, 0.3) is 0 Å². The molecule has 0 spiro atoms. The zero-order valence-electron chi connectivity index (χ0n) is 13.4. The molecule has 0 saturated carbocycles. The first-order chi connectivity index (χ1) is 12.1. The molecule has 2 aromatic carbocycles. The maximum atomic E-state index is 13.2. The summed E-state index contributed by atoms with van der Waals surface area (Å²) in [5.41, 5.74) is 1.28. The van der Waals surface area contributed by atoms with Gasteiger partial charge in [-0.25, -0.2) is 13.6 Å². The summed E-state index contributed by atoms with van der Waals surface area (Å²) in [5, 5.41) is 11.7. The van der Waals surface area contributed by atoms with E-state index in [4.69, 9.17) is 5.26 Å². The minimum atomic E-state index is -0.525. The number of benzene rings is 2. The van der Waals surface area contributed by atoms with Gasteiger partial charge in [-0.2, -0.15) is 5.26 Å². The molecule has 3 rings (SSSR count). The van der Waals surface area contributed by atoms with E-state index in [1.165, 1.54) is 24.3 Å². The molecule has 2 amide bonds. The van der Waals surface area contributed by atoms with Crippen molar-refractivity contribution >= 4 is 17.4 Å². The van der Waals surface area contributed by atoms with Gasteiger partial charge < -0.3 is 15.1 Å². The Hall–Kier alpha value is -3.14. The lowest BCUT2D eigenvalue weighted by molar-refractivity contribution is 0.208. The molecule has 25 heavy (non-hydrogen) atoms. The van der Waals surface area contributed by atoms with Crippen LogP contribution in [-0.2, 0) is 0 Å². The van der Waals surface area contributed by atoms with Gasteiger partial charge in [-0.1, -0.05) is 0 Å². The second-order valence-electron chi connectivity index (χ2n) is 5.68. The highest BCUT2D eigenvalue weighted by molar-refractivity contribution is 5.91. The Bertz CT molecular complexity index is 809. The van der Waals surface area contributed by atoms with Crippen LogP contribution in [0.25, 0.3) is 0 Å². The Kier molecular flexibility index (Phi) is 4.80. The Morgan fingerprint density at radius 2 is 1.64 bits per heavy atom. The van der Waals surface area contributed by atoms with Crippen LogP contribution < -0.4 is 10.2 Å². The molecule has 1 aliphatic heterocycles. The lowest BCUT2D eigenvalue weighted by Gasteiger charge is -2.36. The second-order valence-corrected chi connectivity index (χ2v) is 5.68. The zero-order valence-corrected chi connectivity index (χ0v) is 13.4. The number of carbonyl (C=O) groups excluding carboxylic acids is 1. The summed E-state index contributed by atoms with van der Waals surface area (Å²) >= 11 is 0. The molecule has 1 aliphatic rings. The predicted octanol–water partition coefficient (Wildman–Crippen LogP) is 3.19. The van der Waals surface area contributed by atoms with Crippen molar-refractivity contribution in [2.75, 3.05) is 36.4 Å². The summed E-state index contributed by atoms with van der Waals surface area (Å²) < 4.78 is 26.1. The number of halogens is 2. The third-order valence-corrected chi connectivity index (χ3v) is 4.10. The van der Waals surface area contributed by atoms with Crippen LogP contribution in [0.3, 0.4) is 0 Å². The van der Waals surface area contributed by atoms with Gasteiger partial charge >= 0.3 is 6.03 Å². The molecule has 1 fully saturated rings. The first-order valence-electron chi connectivity index (χ1n) is 7.83. The van der Waals surface area contributed by atoms with E-state index in [2.05, 4.69) is 10.2 Å². The topological polar surface area (TPSA) is 59.4 Å². The zero-order chi connectivity index (χ0) is 17.8. The van der Waals surface area contributed by atoms with Gasteiger partial charge in [0.05, 0.1) is 11.3 Å². The molecule has 1 heterocycles. The van der Waals surface area contributed by atoms with Crippen LogP contribution in [0.2, 0.25) is 0 Å². The van der Waals surface area contributed by atoms with Gasteiger partial charge in [-0.05, 0) is 42.5 Å². The summed E-state index contributed by atoms with van der Waals surface area (Å²) in [4.78, 5) is 16.1. The summed E-state index contributed by atoms with van der Waals surface area (Å²) in [6.45, 7) is 2.22. The largest absolute Gasteiger partial charge is 0.368 e. The molecule has 5 nitrogen and oxygen atoms in total. The number of anilines is 2. The maximum Gasteiger partial charge on any atom is 0.322 e. The van der Waals surface area contributed by atoms with Crippen molar-refractivity contribution in [3.63, 3.8) is 0 Å². The number of amides is 2. The van der Waals surface area contributed by atoms with Crippen molar-refractivity contribution in [2.45, 2.75) is 0 Å². The van der Waals surface area contributed by atoms with Gasteiger partial charge in [-0.15, -0.1) is 0 Å². The van der Waals surface area contributed by atoms with E-state index in [9.17, 15) is 13.6 Å². The minimum Gasteiger partial charge on any atom is -0.368 e. The van der Waals surface area contributed by atoms with E-state index in [-0.39, 0.29) is 23.1 Å². The molecule has 0 bridgehead atoms. The quantitative estimate of drug-likeness (QED) is 0.912. The molecule has 7 heteroatoms. The van der Waals surface area contributed by atoms with Crippen LogP contribution in [0.1, 0.15) is 5.56 Å². The van der Waals surface area contributed by atoms with Crippen LogP contribution in [-0.4, -0.2) is 37.1 Å². The summed E-state index contributed by atoms with van der Waals surface area (Å²) in [6.07, 6.45) is 0. The van der Waals surface area contributed by atoms with Gasteiger partial charge in [-0.3, -0.25) is 0 Å². The van der Waals surface area contributed by atoms with Crippen LogP contribution in [0.15, 0.2) is 42.5 Å². The van der Waals surface area contributed by atoms with Crippen LogP contribution >= 0.6 is 0 Å². The first kappa shape index (κ1) is 16.7.